The highest BCUT2D eigenvalue weighted by atomic mass is 14.8. The lowest BCUT2D eigenvalue weighted by atomic mass is 9.99. The van der Waals surface area contributed by atoms with Crippen LogP contribution in [0.15, 0.2) is 48.7 Å². The number of rotatable bonds is 0. The molecule has 3 rings (SSSR count). The third kappa shape index (κ3) is 1.33. The molecular formula is C14H10N. The van der Waals surface area contributed by atoms with Gasteiger partial charge in [0.1, 0.15) is 0 Å². The Bertz CT molecular complexity index is 526. The first kappa shape index (κ1) is 8.30. The van der Waals surface area contributed by atoms with Crippen molar-refractivity contribution in [2.45, 2.75) is 0 Å². The van der Waals surface area contributed by atoms with Gasteiger partial charge >= 0.3 is 0 Å². The summed E-state index contributed by atoms with van der Waals surface area (Å²) in [5.74, 6) is 0. The van der Waals surface area contributed by atoms with E-state index < -0.39 is 0 Å². The van der Waals surface area contributed by atoms with Crippen LogP contribution in [0.4, 0.5) is 5.69 Å². The molecule has 0 saturated heterocycles. The lowest BCUT2D eigenvalue weighted by Gasteiger charge is -2.08. The molecule has 2 aromatic carbocycles. The molecule has 0 bridgehead atoms. The minimum Gasteiger partial charge on any atom is -0.361 e. The van der Waals surface area contributed by atoms with Gasteiger partial charge in [-0.25, -0.2) is 0 Å². The lowest BCUT2D eigenvalue weighted by Crippen LogP contribution is -1.88. The van der Waals surface area contributed by atoms with E-state index in [2.05, 4.69) is 41.7 Å². The average Bonchev–Trinajstić information content (AvgIpc) is 2.48. The van der Waals surface area contributed by atoms with Crippen molar-refractivity contribution in [1.82, 2.24) is 0 Å². The molecule has 0 unspecified atom stereocenters. The monoisotopic (exact) mass is 192 g/mol. The summed E-state index contributed by atoms with van der Waals surface area (Å²) in [6.45, 7) is 0. The Balaban J connectivity index is 2.33. The van der Waals surface area contributed by atoms with E-state index in [0.717, 1.165) is 5.69 Å². The third-order valence-corrected chi connectivity index (χ3v) is 2.62. The molecule has 0 saturated carbocycles. The highest BCUT2D eigenvalue weighted by Crippen LogP contribution is 2.32. The van der Waals surface area contributed by atoms with Crippen LogP contribution in [0.3, 0.4) is 0 Å². The summed E-state index contributed by atoms with van der Waals surface area (Å²) in [5.41, 5.74) is 4.84. The van der Waals surface area contributed by atoms with Gasteiger partial charge in [-0.15, -0.1) is 0 Å². The lowest BCUT2D eigenvalue weighted by molar-refractivity contribution is 1.57. The molecule has 1 radical (unpaired) electrons. The summed E-state index contributed by atoms with van der Waals surface area (Å²) in [4.78, 5) is 0. The van der Waals surface area contributed by atoms with E-state index in [1.807, 2.05) is 24.4 Å². The first-order chi connectivity index (χ1) is 7.45. The number of benzene rings is 2. The zero-order valence-corrected chi connectivity index (χ0v) is 8.20. The molecule has 1 nitrogen and oxygen atoms in total. The Hall–Kier alpha value is -2.02. The molecule has 71 valence electrons. The molecule has 1 heterocycles. The van der Waals surface area contributed by atoms with Gasteiger partial charge in [-0.1, -0.05) is 30.3 Å². The molecule has 1 heteroatoms. The fraction of sp³-hybridized carbons (Fsp3) is 0. The van der Waals surface area contributed by atoms with Crippen molar-refractivity contribution in [1.29, 1.82) is 0 Å². The van der Waals surface area contributed by atoms with Gasteiger partial charge in [0, 0.05) is 17.5 Å². The number of nitrogens with one attached hydrogen (secondary N) is 1. The predicted molar refractivity (Wildman–Crippen MR) is 63.4 cm³/mol. The molecule has 0 aromatic heterocycles. The standard InChI is InChI=1S/C14H10N/c1-2-6-12-11(5-1)9-10-15-14-8-4-3-7-13(12)14/h1-2,4-10,15H. The fourth-order valence-corrected chi connectivity index (χ4v) is 1.89. The van der Waals surface area contributed by atoms with Gasteiger partial charge in [-0.3, -0.25) is 0 Å². The van der Waals surface area contributed by atoms with Gasteiger partial charge in [-0.2, -0.15) is 0 Å². The second-order valence-corrected chi connectivity index (χ2v) is 3.54. The summed E-state index contributed by atoms with van der Waals surface area (Å²) in [7, 11) is 0. The van der Waals surface area contributed by atoms with E-state index in [9.17, 15) is 0 Å². The van der Waals surface area contributed by atoms with Crippen LogP contribution in [0.1, 0.15) is 5.56 Å². The van der Waals surface area contributed by atoms with Gasteiger partial charge < -0.3 is 5.32 Å². The predicted octanol–water partition coefficient (Wildman–Crippen LogP) is 3.55. The average molecular weight is 192 g/mol. The molecule has 0 fully saturated rings. The minimum absolute atomic E-state index is 1.13. The highest BCUT2D eigenvalue weighted by molar-refractivity contribution is 5.86. The third-order valence-electron chi connectivity index (χ3n) is 2.62. The summed E-state index contributed by atoms with van der Waals surface area (Å²) >= 11 is 0. The number of fused-ring (bicyclic) bond motifs is 3. The zero-order chi connectivity index (χ0) is 10.1. The molecule has 0 spiro atoms. The maximum absolute atomic E-state index is 3.27. The zero-order valence-electron chi connectivity index (χ0n) is 8.20. The van der Waals surface area contributed by atoms with Crippen molar-refractivity contribution in [3.63, 3.8) is 0 Å². The van der Waals surface area contributed by atoms with E-state index in [1.54, 1.807) is 0 Å². The van der Waals surface area contributed by atoms with E-state index in [4.69, 9.17) is 0 Å². The van der Waals surface area contributed by atoms with Crippen LogP contribution in [-0.4, -0.2) is 0 Å². The van der Waals surface area contributed by atoms with Crippen molar-refractivity contribution < 1.29 is 0 Å². The van der Waals surface area contributed by atoms with Crippen LogP contribution in [0.2, 0.25) is 0 Å². The van der Waals surface area contributed by atoms with Crippen molar-refractivity contribution in [2.24, 2.45) is 0 Å². The van der Waals surface area contributed by atoms with Crippen molar-refractivity contribution >= 4 is 11.8 Å². The quantitative estimate of drug-likeness (QED) is 0.673. The van der Waals surface area contributed by atoms with E-state index in [-0.39, 0.29) is 0 Å². The van der Waals surface area contributed by atoms with Crippen molar-refractivity contribution in [3.8, 4) is 11.1 Å². The highest BCUT2D eigenvalue weighted by Gasteiger charge is 2.08. The van der Waals surface area contributed by atoms with Crippen molar-refractivity contribution in [2.75, 3.05) is 5.32 Å². The number of anilines is 1. The molecule has 0 atom stereocenters. The van der Waals surface area contributed by atoms with Gasteiger partial charge in [0.05, 0.1) is 0 Å². The molecule has 1 aliphatic heterocycles. The summed E-state index contributed by atoms with van der Waals surface area (Å²) in [6, 6.07) is 17.5. The summed E-state index contributed by atoms with van der Waals surface area (Å²) < 4.78 is 0. The molecule has 0 amide bonds. The molecular weight excluding hydrogens is 182 g/mol. The van der Waals surface area contributed by atoms with E-state index in [1.165, 1.54) is 16.7 Å². The van der Waals surface area contributed by atoms with Gasteiger partial charge in [0.2, 0.25) is 0 Å². The molecule has 1 N–H and O–H groups in total. The smallest absolute Gasteiger partial charge is 0.0460 e. The number of hydrogen-bond acceptors (Lipinski definition) is 1. The van der Waals surface area contributed by atoms with Crippen LogP contribution in [0, 0.1) is 6.07 Å². The van der Waals surface area contributed by atoms with Crippen molar-refractivity contribution in [3.05, 3.63) is 60.3 Å². The second kappa shape index (κ2) is 3.28. The topological polar surface area (TPSA) is 12.0 Å². The fourth-order valence-electron chi connectivity index (χ4n) is 1.89. The Morgan fingerprint density at radius 3 is 2.93 bits per heavy atom. The van der Waals surface area contributed by atoms with Gasteiger partial charge in [0.15, 0.2) is 0 Å². The van der Waals surface area contributed by atoms with Crippen LogP contribution in [0.25, 0.3) is 17.2 Å². The molecule has 15 heavy (non-hydrogen) atoms. The second-order valence-electron chi connectivity index (χ2n) is 3.54. The largest absolute Gasteiger partial charge is 0.361 e. The van der Waals surface area contributed by atoms with E-state index in [0.29, 0.717) is 0 Å². The van der Waals surface area contributed by atoms with E-state index >= 15 is 0 Å². The molecule has 1 aliphatic rings. The maximum Gasteiger partial charge on any atom is 0.0460 e. The molecule has 2 aromatic rings. The van der Waals surface area contributed by atoms with Crippen LogP contribution in [0.5, 0.6) is 0 Å². The summed E-state index contributed by atoms with van der Waals surface area (Å²) in [5, 5.41) is 3.27. The number of hydrogen-bond donors (Lipinski definition) is 1. The minimum atomic E-state index is 1.13. The SMILES string of the molecule is [c]1ccc2c(c1)-c1ccccc1C=CN2. The Kier molecular flexibility index (Phi) is 1.82. The molecule has 0 aliphatic carbocycles. The van der Waals surface area contributed by atoms with Crippen LogP contribution in [-0.2, 0) is 0 Å². The summed E-state index contributed by atoms with van der Waals surface area (Å²) in [6.07, 6.45) is 4.07. The Labute approximate surface area is 89.1 Å². The first-order valence-corrected chi connectivity index (χ1v) is 4.98. The van der Waals surface area contributed by atoms with Gasteiger partial charge in [0.25, 0.3) is 0 Å². The Morgan fingerprint density at radius 2 is 1.93 bits per heavy atom. The van der Waals surface area contributed by atoms with Gasteiger partial charge in [-0.05, 0) is 35.4 Å². The normalized spacial score (nSPS) is 12.3. The van der Waals surface area contributed by atoms with Crippen LogP contribution < -0.4 is 5.32 Å². The Morgan fingerprint density at radius 1 is 1.00 bits per heavy atom. The van der Waals surface area contributed by atoms with Crippen LogP contribution >= 0.6 is 0 Å². The first-order valence-electron chi connectivity index (χ1n) is 4.98. The maximum atomic E-state index is 3.27.